The zero-order valence-corrected chi connectivity index (χ0v) is 14.1. The molecule has 7 heteroatoms. The number of aromatic nitrogens is 3. The predicted molar refractivity (Wildman–Crippen MR) is 93.3 cm³/mol. The Balaban J connectivity index is 1.80. The second-order valence-corrected chi connectivity index (χ2v) is 5.33. The summed E-state index contributed by atoms with van der Waals surface area (Å²) in [5.41, 5.74) is 2.57. The third-order valence-corrected chi connectivity index (χ3v) is 3.66. The molecule has 0 bridgehead atoms. The smallest absolute Gasteiger partial charge is 0.361 e. The molecule has 1 N–H and O–H groups in total. The van der Waals surface area contributed by atoms with Gasteiger partial charge in [0.25, 0.3) is 0 Å². The maximum atomic E-state index is 12.0. The first kappa shape index (κ1) is 17.2. The van der Waals surface area contributed by atoms with Crippen molar-refractivity contribution in [3.05, 3.63) is 65.4 Å². The molecule has 0 fully saturated rings. The van der Waals surface area contributed by atoms with Crippen LogP contribution in [0.25, 0.3) is 11.3 Å². The van der Waals surface area contributed by atoms with Gasteiger partial charge in [0, 0.05) is 11.1 Å². The van der Waals surface area contributed by atoms with Gasteiger partial charge in [0.1, 0.15) is 18.1 Å². The molecular formula is C19H16N4O3. The minimum atomic E-state index is -0.537. The van der Waals surface area contributed by atoms with Crippen LogP contribution in [0, 0.1) is 11.3 Å². The van der Waals surface area contributed by atoms with Crippen molar-refractivity contribution in [3.8, 4) is 23.1 Å². The van der Waals surface area contributed by atoms with Gasteiger partial charge < -0.3 is 9.47 Å². The number of esters is 1. The lowest BCUT2D eigenvalue weighted by Gasteiger charge is -2.09. The normalized spacial score (nSPS) is 10.2. The van der Waals surface area contributed by atoms with E-state index in [2.05, 4.69) is 21.5 Å². The quantitative estimate of drug-likeness (QED) is 0.687. The fourth-order valence-electron chi connectivity index (χ4n) is 2.42. The van der Waals surface area contributed by atoms with Gasteiger partial charge in [0.2, 0.25) is 0 Å². The lowest BCUT2D eigenvalue weighted by Crippen LogP contribution is -2.06. The molecule has 3 aromatic rings. The van der Waals surface area contributed by atoms with Gasteiger partial charge in [-0.2, -0.15) is 15.6 Å². The van der Waals surface area contributed by atoms with Gasteiger partial charge >= 0.3 is 5.97 Å². The van der Waals surface area contributed by atoms with E-state index in [0.29, 0.717) is 22.6 Å². The first-order valence-corrected chi connectivity index (χ1v) is 8.02. The molecule has 0 aliphatic heterocycles. The monoisotopic (exact) mass is 348 g/mol. The average Bonchev–Trinajstić information content (AvgIpc) is 3.17. The lowest BCUT2D eigenvalue weighted by molar-refractivity contribution is 0.0520. The van der Waals surface area contributed by atoms with Crippen LogP contribution in [0.2, 0.25) is 0 Å². The predicted octanol–water partition coefficient (Wildman–Crippen LogP) is 3.10. The molecule has 0 saturated carbocycles. The van der Waals surface area contributed by atoms with Gasteiger partial charge in [-0.3, -0.25) is 0 Å². The standard InChI is InChI=1S/C19H16N4O3/c1-2-25-19(24)18-17(21-23-22-18)13-8-5-9-16(10-13)26-12-15-7-4-3-6-14(15)11-20/h3-10H,2,12H2,1H3,(H,21,22,23). The van der Waals surface area contributed by atoms with Gasteiger partial charge in [-0.15, -0.1) is 5.10 Å². The molecule has 0 unspecified atom stereocenters. The molecule has 0 amide bonds. The van der Waals surface area contributed by atoms with Crippen LogP contribution < -0.4 is 4.74 Å². The van der Waals surface area contributed by atoms with Crippen molar-refractivity contribution in [2.75, 3.05) is 6.61 Å². The number of nitrogens with zero attached hydrogens (tertiary/aromatic N) is 3. The third-order valence-electron chi connectivity index (χ3n) is 3.66. The van der Waals surface area contributed by atoms with Crippen molar-refractivity contribution < 1.29 is 14.3 Å². The maximum Gasteiger partial charge on any atom is 0.361 e. The van der Waals surface area contributed by atoms with E-state index in [4.69, 9.17) is 14.7 Å². The number of carbonyl (C=O) groups is 1. The largest absolute Gasteiger partial charge is 0.489 e. The SMILES string of the molecule is CCOC(=O)c1n[nH]nc1-c1cccc(OCc2ccccc2C#N)c1. The van der Waals surface area contributed by atoms with Crippen molar-refractivity contribution in [1.82, 2.24) is 15.4 Å². The van der Waals surface area contributed by atoms with Crippen LogP contribution in [-0.4, -0.2) is 28.0 Å². The molecule has 0 radical (unpaired) electrons. The van der Waals surface area contributed by atoms with Crippen molar-refractivity contribution in [2.24, 2.45) is 0 Å². The number of nitriles is 1. The molecule has 7 nitrogen and oxygen atoms in total. The van der Waals surface area contributed by atoms with Crippen LogP contribution in [0.1, 0.15) is 28.5 Å². The van der Waals surface area contributed by atoms with Gasteiger partial charge in [-0.1, -0.05) is 30.3 Å². The van der Waals surface area contributed by atoms with Gasteiger partial charge in [0.05, 0.1) is 18.2 Å². The Morgan fingerprint density at radius 1 is 1.19 bits per heavy atom. The molecule has 0 aliphatic rings. The highest BCUT2D eigenvalue weighted by Crippen LogP contribution is 2.25. The number of benzene rings is 2. The van der Waals surface area contributed by atoms with Crippen LogP contribution in [0.5, 0.6) is 5.75 Å². The number of rotatable bonds is 6. The number of ether oxygens (including phenoxy) is 2. The summed E-state index contributed by atoms with van der Waals surface area (Å²) in [7, 11) is 0. The summed E-state index contributed by atoms with van der Waals surface area (Å²) < 4.78 is 10.8. The number of hydrogen-bond acceptors (Lipinski definition) is 6. The molecule has 0 aliphatic carbocycles. The molecule has 0 spiro atoms. The molecule has 130 valence electrons. The maximum absolute atomic E-state index is 12.0. The van der Waals surface area contributed by atoms with Crippen molar-refractivity contribution in [2.45, 2.75) is 13.5 Å². The molecule has 2 aromatic carbocycles. The molecular weight excluding hydrogens is 332 g/mol. The first-order valence-electron chi connectivity index (χ1n) is 8.02. The van der Waals surface area contributed by atoms with E-state index >= 15 is 0 Å². The van der Waals surface area contributed by atoms with Crippen LogP contribution >= 0.6 is 0 Å². The Morgan fingerprint density at radius 3 is 2.85 bits per heavy atom. The average molecular weight is 348 g/mol. The zero-order chi connectivity index (χ0) is 18.4. The Kier molecular flexibility index (Phi) is 5.25. The van der Waals surface area contributed by atoms with E-state index < -0.39 is 5.97 Å². The van der Waals surface area contributed by atoms with E-state index in [9.17, 15) is 4.79 Å². The minimum absolute atomic E-state index is 0.124. The van der Waals surface area contributed by atoms with Crippen LogP contribution in [0.15, 0.2) is 48.5 Å². The van der Waals surface area contributed by atoms with Crippen molar-refractivity contribution in [3.63, 3.8) is 0 Å². The number of H-pyrrole nitrogens is 1. The lowest BCUT2D eigenvalue weighted by atomic mass is 10.1. The van der Waals surface area contributed by atoms with E-state index in [1.807, 2.05) is 18.2 Å². The fraction of sp³-hybridized carbons (Fsp3) is 0.158. The summed E-state index contributed by atoms with van der Waals surface area (Å²) in [6.45, 7) is 2.24. The summed E-state index contributed by atoms with van der Waals surface area (Å²) in [6.07, 6.45) is 0. The molecule has 26 heavy (non-hydrogen) atoms. The summed E-state index contributed by atoms with van der Waals surface area (Å²) in [5, 5.41) is 19.5. The van der Waals surface area contributed by atoms with Gasteiger partial charge in [-0.25, -0.2) is 4.79 Å². The van der Waals surface area contributed by atoms with Crippen LogP contribution in [-0.2, 0) is 11.3 Å². The molecule has 1 aromatic heterocycles. The summed E-state index contributed by atoms with van der Waals surface area (Å²) in [5.74, 6) is 0.0542. The number of nitrogens with one attached hydrogen (secondary N) is 1. The Labute approximate surface area is 150 Å². The summed E-state index contributed by atoms with van der Waals surface area (Å²) in [4.78, 5) is 12.0. The van der Waals surface area contributed by atoms with Gasteiger partial charge in [-0.05, 0) is 25.1 Å². The molecule has 0 saturated heterocycles. The molecule has 3 rings (SSSR count). The second-order valence-electron chi connectivity index (χ2n) is 5.33. The molecule has 1 heterocycles. The van der Waals surface area contributed by atoms with E-state index in [0.717, 1.165) is 5.56 Å². The summed E-state index contributed by atoms with van der Waals surface area (Å²) >= 11 is 0. The highest BCUT2D eigenvalue weighted by atomic mass is 16.5. The third kappa shape index (κ3) is 3.70. The Hall–Kier alpha value is -3.66. The molecule has 0 atom stereocenters. The number of aromatic amines is 1. The fourth-order valence-corrected chi connectivity index (χ4v) is 2.42. The van der Waals surface area contributed by atoms with E-state index in [1.54, 1.807) is 37.3 Å². The van der Waals surface area contributed by atoms with E-state index in [-0.39, 0.29) is 18.9 Å². The Morgan fingerprint density at radius 2 is 2.04 bits per heavy atom. The first-order chi connectivity index (χ1) is 12.7. The van der Waals surface area contributed by atoms with Crippen LogP contribution in [0.4, 0.5) is 0 Å². The van der Waals surface area contributed by atoms with E-state index in [1.165, 1.54) is 0 Å². The minimum Gasteiger partial charge on any atom is -0.489 e. The Bertz CT molecular complexity index is 959. The van der Waals surface area contributed by atoms with Crippen molar-refractivity contribution in [1.29, 1.82) is 5.26 Å². The topological polar surface area (TPSA) is 101 Å². The zero-order valence-electron chi connectivity index (χ0n) is 14.1. The van der Waals surface area contributed by atoms with Crippen LogP contribution in [0.3, 0.4) is 0 Å². The number of carbonyl (C=O) groups excluding carboxylic acids is 1. The summed E-state index contributed by atoms with van der Waals surface area (Å²) in [6, 6.07) is 16.6. The highest BCUT2D eigenvalue weighted by molar-refractivity contribution is 5.93. The number of hydrogen-bond donors (Lipinski definition) is 1. The van der Waals surface area contributed by atoms with Gasteiger partial charge in [0.15, 0.2) is 5.69 Å². The second kappa shape index (κ2) is 7.94. The van der Waals surface area contributed by atoms with Crippen molar-refractivity contribution >= 4 is 5.97 Å². The highest BCUT2D eigenvalue weighted by Gasteiger charge is 2.19.